The van der Waals surface area contributed by atoms with E-state index in [0.717, 1.165) is 0 Å². The Hall–Kier alpha value is -3.44. The molecule has 3 aliphatic carbocycles. The van der Waals surface area contributed by atoms with Crippen LogP contribution in [0.5, 0.6) is 5.75 Å². The van der Waals surface area contributed by atoms with E-state index in [4.69, 9.17) is 23.7 Å². The summed E-state index contributed by atoms with van der Waals surface area (Å²) in [7, 11) is 3.61. The molecule has 3 atom stereocenters. The van der Waals surface area contributed by atoms with Crippen LogP contribution >= 0.6 is 12.2 Å². The number of anilines is 1. The summed E-state index contributed by atoms with van der Waals surface area (Å²) in [5.41, 5.74) is 9.10. The maximum absolute atomic E-state index is 13.6. The first-order valence-corrected chi connectivity index (χ1v) is 11.5. The number of carbonyl (C=O) groups is 3. The number of rotatable bonds is 5. The normalized spacial score (nSPS) is 25.7. The van der Waals surface area contributed by atoms with Gasteiger partial charge in [0, 0.05) is 44.1 Å². The van der Waals surface area contributed by atoms with Crippen LogP contribution in [0.2, 0.25) is 0 Å². The second-order valence-corrected chi connectivity index (χ2v) is 10.0. The minimum absolute atomic E-state index is 0.0567. The molecule has 11 heteroatoms. The van der Waals surface area contributed by atoms with Crippen molar-refractivity contribution in [2.75, 3.05) is 19.0 Å². The predicted molar refractivity (Wildman–Crippen MR) is 131 cm³/mol. The van der Waals surface area contributed by atoms with E-state index in [0.29, 0.717) is 29.7 Å². The first-order chi connectivity index (χ1) is 16.3. The van der Waals surface area contributed by atoms with Gasteiger partial charge >= 0.3 is 0 Å². The number of nitrogens with two attached hydrogens (primary N) is 2. The number of amides is 1. The quantitative estimate of drug-likeness (QED) is 0.248. The molecule has 186 valence electrons. The summed E-state index contributed by atoms with van der Waals surface area (Å²) in [6, 6.07) is 1.78. The van der Waals surface area contributed by atoms with Crippen molar-refractivity contribution in [2.24, 2.45) is 23.3 Å². The topological polar surface area (TPSA) is 187 Å². The molecule has 0 aliphatic heterocycles. The smallest absolute Gasteiger partial charge is 0.255 e. The molecular formula is C24H27N3O7S. The fourth-order valence-corrected chi connectivity index (χ4v) is 5.67. The van der Waals surface area contributed by atoms with E-state index >= 15 is 0 Å². The summed E-state index contributed by atoms with van der Waals surface area (Å²) in [6.45, 7) is 0. The highest BCUT2D eigenvalue weighted by atomic mass is 32.1. The van der Waals surface area contributed by atoms with Gasteiger partial charge in [0.05, 0.1) is 10.6 Å². The number of aromatic hydroxyl groups is 1. The van der Waals surface area contributed by atoms with E-state index in [9.17, 15) is 34.8 Å². The Balaban J connectivity index is 1.93. The Bertz CT molecular complexity index is 1270. The van der Waals surface area contributed by atoms with Crippen LogP contribution in [0.15, 0.2) is 23.0 Å². The van der Waals surface area contributed by atoms with Crippen LogP contribution in [0, 0.1) is 11.8 Å². The third-order valence-electron chi connectivity index (χ3n) is 7.24. The van der Waals surface area contributed by atoms with Gasteiger partial charge in [0.15, 0.2) is 11.4 Å². The molecular weight excluding hydrogens is 474 g/mol. The zero-order chi connectivity index (χ0) is 26.0. The monoisotopic (exact) mass is 501 g/mol. The number of hydrogen-bond donors (Lipinski definition) is 6. The molecule has 0 spiro atoms. The average Bonchev–Trinajstić information content (AvgIpc) is 2.75. The van der Waals surface area contributed by atoms with Gasteiger partial charge in [0.2, 0.25) is 5.78 Å². The van der Waals surface area contributed by atoms with Crippen LogP contribution in [0.1, 0.15) is 36.0 Å². The number of aryl methyl sites for hydroxylation is 1. The van der Waals surface area contributed by atoms with Crippen molar-refractivity contribution < 1.29 is 34.8 Å². The Labute approximate surface area is 206 Å². The molecule has 1 amide bonds. The average molecular weight is 502 g/mol. The highest BCUT2D eigenvalue weighted by molar-refractivity contribution is 7.80. The van der Waals surface area contributed by atoms with Crippen molar-refractivity contribution in [1.82, 2.24) is 0 Å². The Morgan fingerprint density at radius 1 is 1.20 bits per heavy atom. The molecule has 1 saturated carbocycles. The summed E-state index contributed by atoms with van der Waals surface area (Å²) in [5, 5.41) is 44.3. The van der Waals surface area contributed by atoms with Gasteiger partial charge in [-0.2, -0.15) is 0 Å². The minimum atomic E-state index is -2.58. The standard InChI is InChI=1S/C24H27N3O7S/c1-27(2)13-7-9(3-4-15(25)35)19(29)17-12(13)6-10-5-11-8-14(28)18(23(26)33)22(32)24(11,34)21(31)16(10)20(17)30/h7,10-11,29-30,32,34H,3-6,8H2,1-2H3,(H2,25,35)(H2,26,33)/t10-,11+,24+/m1/s1. The Kier molecular flexibility index (Phi) is 5.89. The van der Waals surface area contributed by atoms with Gasteiger partial charge in [-0.25, -0.2) is 0 Å². The summed E-state index contributed by atoms with van der Waals surface area (Å²) >= 11 is 4.94. The van der Waals surface area contributed by atoms with Gasteiger partial charge in [0.1, 0.15) is 22.8 Å². The lowest BCUT2D eigenvalue weighted by molar-refractivity contribution is -0.147. The number of nitrogens with zero attached hydrogens (tertiary/aromatic N) is 1. The van der Waals surface area contributed by atoms with E-state index in [1.165, 1.54) is 0 Å². The number of fused-ring (bicyclic) bond motifs is 3. The van der Waals surface area contributed by atoms with Crippen molar-refractivity contribution in [3.63, 3.8) is 0 Å². The molecule has 1 aromatic carbocycles. The molecule has 0 heterocycles. The van der Waals surface area contributed by atoms with Gasteiger partial charge in [-0.15, -0.1) is 0 Å². The lowest BCUT2D eigenvalue weighted by Crippen LogP contribution is -2.58. The second kappa shape index (κ2) is 8.35. The molecule has 0 unspecified atom stereocenters. The van der Waals surface area contributed by atoms with Gasteiger partial charge in [-0.3, -0.25) is 14.4 Å². The third kappa shape index (κ3) is 3.57. The van der Waals surface area contributed by atoms with E-state index in [2.05, 4.69) is 0 Å². The van der Waals surface area contributed by atoms with Gasteiger partial charge < -0.3 is 36.8 Å². The maximum Gasteiger partial charge on any atom is 0.255 e. The number of ketones is 2. The fourth-order valence-electron chi connectivity index (χ4n) is 5.57. The number of benzene rings is 1. The van der Waals surface area contributed by atoms with Crippen LogP contribution in [0.25, 0.3) is 5.76 Å². The lowest BCUT2D eigenvalue weighted by atomic mass is 9.59. The number of carbonyl (C=O) groups excluding carboxylic acids is 3. The number of aliphatic hydroxyl groups is 3. The molecule has 8 N–H and O–H groups in total. The number of phenols is 1. The first kappa shape index (κ1) is 24.7. The highest BCUT2D eigenvalue weighted by Gasteiger charge is 2.60. The summed E-state index contributed by atoms with van der Waals surface area (Å²) in [6.07, 6.45) is 0.586. The molecule has 10 nitrogen and oxygen atoms in total. The SMILES string of the molecule is CN(C)c1cc(CCC(N)=S)c(O)c2c1C[C@H]1C[C@H]3CC(=O)C(C(N)=O)=C(O)[C@@]3(O)C(=O)C1=C2O. The Morgan fingerprint density at radius 3 is 2.43 bits per heavy atom. The molecule has 0 bridgehead atoms. The van der Waals surface area contributed by atoms with Crippen molar-refractivity contribution in [2.45, 2.75) is 37.7 Å². The highest BCUT2D eigenvalue weighted by Crippen LogP contribution is 2.53. The summed E-state index contributed by atoms with van der Waals surface area (Å²) < 4.78 is 0. The molecule has 0 aromatic heterocycles. The molecule has 1 aromatic rings. The predicted octanol–water partition coefficient (Wildman–Crippen LogP) is 0.709. The number of aliphatic hydroxyl groups excluding tert-OH is 2. The van der Waals surface area contributed by atoms with Gasteiger partial charge in [-0.1, -0.05) is 12.2 Å². The van der Waals surface area contributed by atoms with E-state index in [-0.39, 0.29) is 41.1 Å². The number of thiocarbonyl (C=S) groups is 1. The van der Waals surface area contributed by atoms with E-state index < -0.39 is 52.0 Å². The van der Waals surface area contributed by atoms with Crippen molar-refractivity contribution in [1.29, 1.82) is 0 Å². The van der Waals surface area contributed by atoms with Crippen LogP contribution in [0.3, 0.4) is 0 Å². The van der Waals surface area contributed by atoms with Crippen molar-refractivity contribution >= 4 is 46.1 Å². The lowest BCUT2D eigenvalue weighted by Gasteiger charge is -2.46. The second-order valence-electron chi connectivity index (χ2n) is 9.52. The van der Waals surface area contributed by atoms with Crippen LogP contribution < -0.4 is 16.4 Å². The van der Waals surface area contributed by atoms with Crippen LogP contribution in [-0.2, 0) is 27.2 Å². The summed E-state index contributed by atoms with van der Waals surface area (Å²) in [5.74, 6) is -6.46. The van der Waals surface area contributed by atoms with Gasteiger partial charge in [-0.05, 0) is 42.4 Å². The fraction of sp³-hybridized carbons (Fsp3) is 0.417. The first-order valence-electron chi connectivity index (χ1n) is 11.1. The van der Waals surface area contributed by atoms with Crippen LogP contribution in [0.4, 0.5) is 5.69 Å². The summed E-state index contributed by atoms with van der Waals surface area (Å²) in [4.78, 5) is 39.9. The van der Waals surface area contributed by atoms with E-state index in [1.807, 2.05) is 4.90 Å². The zero-order valence-corrected chi connectivity index (χ0v) is 20.1. The molecule has 35 heavy (non-hydrogen) atoms. The molecule has 1 fully saturated rings. The molecule has 3 aliphatic rings. The molecule has 0 saturated heterocycles. The van der Waals surface area contributed by atoms with Crippen LogP contribution in [-0.4, -0.2) is 62.6 Å². The number of Topliss-reactive ketones (excluding diaryl/α,β-unsaturated/α-hetero) is 2. The number of hydrogen-bond acceptors (Lipinski definition) is 9. The minimum Gasteiger partial charge on any atom is -0.508 e. The maximum atomic E-state index is 13.6. The molecule has 4 rings (SSSR count). The Morgan fingerprint density at radius 2 is 1.86 bits per heavy atom. The number of primary amides is 1. The van der Waals surface area contributed by atoms with Crippen molar-refractivity contribution in [3.05, 3.63) is 39.7 Å². The molecule has 0 radical (unpaired) electrons. The van der Waals surface area contributed by atoms with Gasteiger partial charge in [0.25, 0.3) is 5.91 Å². The third-order valence-corrected chi connectivity index (χ3v) is 7.45. The van der Waals surface area contributed by atoms with E-state index in [1.54, 1.807) is 20.2 Å². The zero-order valence-electron chi connectivity index (χ0n) is 19.3. The van der Waals surface area contributed by atoms with Crippen molar-refractivity contribution in [3.8, 4) is 5.75 Å². The largest absolute Gasteiger partial charge is 0.508 e. The number of phenolic OH excluding ortho intramolecular Hbond substituents is 1.